The van der Waals surface area contributed by atoms with Crippen LogP contribution in [0.5, 0.6) is 11.6 Å². The average Bonchev–Trinajstić information content (AvgIpc) is 3.47. The number of benzene rings is 1. The van der Waals surface area contributed by atoms with Crippen LogP contribution in [-0.2, 0) is 23.8 Å². The molecule has 0 radical (unpaired) electrons. The number of hydrogen-bond acceptors (Lipinski definition) is 15. The first-order valence-electron chi connectivity index (χ1n) is 14.2. The number of pyridine rings is 1. The molecule has 4 aromatic rings. The molecular formula is C31H24FN5O12. The molecule has 3 atom stereocenters. The smallest absolute Gasteiger partial charge is 0.363 e. The Labute approximate surface area is 273 Å². The first kappa shape index (κ1) is 33.9. The van der Waals surface area contributed by atoms with E-state index in [4.69, 9.17) is 23.7 Å². The lowest BCUT2D eigenvalue weighted by molar-refractivity contribution is -0.155. The van der Waals surface area contributed by atoms with Gasteiger partial charge >= 0.3 is 29.6 Å². The Balaban J connectivity index is 1.36. The SMILES string of the molecule is CC(=O)OC[C@H]1O[C@@H](n2cc(F)c(=O)n(C(=O)c3cncc(C(=O)Oc4ccnc(OC(=O)c5ccccc5)c4)n3)c2=O)C[C@@H]1OC(C)=O. The van der Waals surface area contributed by atoms with Crippen molar-refractivity contribution in [1.82, 2.24) is 24.1 Å². The summed E-state index contributed by atoms with van der Waals surface area (Å²) in [7, 11) is 0. The van der Waals surface area contributed by atoms with Gasteiger partial charge in [0, 0.05) is 32.5 Å². The molecule has 1 aliphatic rings. The first-order valence-corrected chi connectivity index (χ1v) is 14.2. The normalized spacial score (nSPS) is 16.8. The molecule has 0 bridgehead atoms. The van der Waals surface area contributed by atoms with Crippen molar-refractivity contribution in [2.75, 3.05) is 6.61 Å². The number of esters is 4. The summed E-state index contributed by atoms with van der Waals surface area (Å²) in [5, 5.41) is 0. The van der Waals surface area contributed by atoms with Crippen molar-refractivity contribution in [3.63, 3.8) is 0 Å². The molecule has 18 heteroatoms. The third kappa shape index (κ3) is 7.93. The van der Waals surface area contributed by atoms with E-state index in [0.717, 1.165) is 32.3 Å². The molecule has 0 spiro atoms. The van der Waals surface area contributed by atoms with Crippen LogP contribution < -0.4 is 20.7 Å². The van der Waals surface area contributed by atoms with E-state index in [-0.39, 0.29) is 34.8 Å². The number of halogens is 1. The van der Waals surface area contributed by atoms with Crippen LogP contribution in [0.15, 0.2) is 76.8 Å². The van der Waals surface area contributed by atoms with Crippen molar-refractivity contribution >= 4 is 29.8 Å². The van der Waals surface area contributed by atoms with E-state index in [1.54, 1.807) is 18.2 Å². The Morgan fingerprint density at radius 2 is 1.69 bits per heavy atom. The number of carbonyl (C=O) groups excluding carboxylic acids is 5. The van der Waals surface area contributed by atoms with Gasteiger partial charge in [0.1, 0.15) is 36.5 Å². The van der Waals surface area contributed by atoms with E-state index >= 15 is 0 Å². The molecule has 0 amide bonds. The van der Waals surface area contributed by atoms with Crippen LogP contribution in [0.25, 0.3) is 0 Å². The zero-order valence-electron chi connectivity index (χ0n) is 25.5. The number of rotatable bonds is 9. The standard InChI is InChI=1S/C31H24FN5O12/c1-16(38)45-15-24-23(46-17(2)39)11-26(48-24)36-14-20(32)27(40)37(31(36)44)28(41)21-12-33-13-22(35-21)30(43)47-19-8-9-34-25(10-19)49-29(42)18-6-4-3-5-7-18/h3-10,12-14,23-24,26H,11,15H2,1-2H3/t23-,24+,26+/m0/s1. The highest BCUT2D eigenvalue weighted by Crippen LogP contribution is 2.30. The molecule has 4 heterocycles. The van der Waals surface area contributed by atoms with Gasteiger partial charge in [0.25, 0.3) is 11.5 Å². The number of hydrogen-bond donors (Lipinski definition) is 0. The molecule has 5 rings (SSSR count). The Kier molecular flexibility index (Phi) is 10.1. The van der Waals surface area contributed by atoms with E-state index in [1.165, 1.54) is 24.4 Å². The summed E-state index contributed by atoms with van der Waals surface area (Å²) < 4.78 is 41.6. The van der Waals surface area contributed by atoms with Gasteiger partial charge in [-0.1, -0.05) is 18.2 Å². The first-order chi connectivity index (χ1) is 23.4. The highest BCUT2D eigenvalue weighted by molar-refractivity contribution is 5.95. The molecule has 1 saturated heterocycles. The minimum Gasteiger partial charge on any atom is -0.463 e. The van der Waals surface area contributed by atoms with Gasteiger partial charge in [-0.05, 0) is 18.2 Å². The maximum Gasteiger partial charge on any atom is 0.363 e. The third-order valence-electron chi connectivity index (χ3n) is 6.72. The van der Waals surface area contributed by atoms with Crippen molar-refractivity contribution in [1.29, 1.82) is 0 Å². The van der Waals surface area contributed by atoms with Gasteiger partial charge in [-0.15, -0.1) is 0 Å². The lowest BCUT2D eigenvalue weighted by Crippen LogP contribution is -2.46. The molecule has 0 N–H and O–H groups in total. The largest absolute Gasteiger partial charge is 0.463 e. The molecule has 252 valence electrons. The van der Waals surface area contributed by atoms with Gasteiger partial charge in [-0.3, -0.25) is 28.7 Å². The van der Waals surface area contributed by atoms with E-state index in [0.29, 0.717) is 10.8 Å². The minimum absolute atomic E-state index is 0.0751. The second-order valence-electron chi connectivity index (χ2n) is 10.2. The van der Waals surface area contributed by atoms with Crippen molar-refractivity contribution in [2.24, 2.45) is 0 Å². The minimum atomic E-state index is -1.64. The van der Waals surface area contributed by atoms with Crippen LogP contribution >= 0.6 is 0 Å². The Morgan fingerprint density at radius 3 is 2.41 bits per heavy atom. The monoisotopic (exact) mass is 677 g/mol. The van der Waals surface area contributed by atoms with Gasteiger partial charge in [0.05, 0.1) is 24.2 Å². The van der Waals surface area contributed by atoms with Crippen LogP contribution in [-0.4, -0.2) is 72.7 Å². The van der Waals surface area contributed by atoms with E-state index in [1.807, 2.05) is 0 Å². The number of ether oxygens (including phenoxy) is 5. The van der Waals surface area contributed by atoms with Gasteiger partial charge in [-0.2, -0.15) is 8.96 Å². The summed E-state index contributed by atoms with van der Waals surface area (Å²) in [4.78, 5) is 99.0. The highest BCUT2D eigenvalue weighted by Gasteiger charge is 2.40. The van der Waals surface area contributed by atoms with Gasteiger partial charge < -0.3 is 23.7 Å². The topological polar surface area (TPSA) is 214 Å². The number of carbonyl (C=O) groups is 5. The molecule has 49 heavy (non-hydrogen) atoms. The lowest BCUT2D eigenvalue weighted by atomic mass is 10.2. The van der Waals surface area contributed by atoms with Gasteiger partial charge in [0.2, 0.25) is 11.7 Å². The summed E-state index contributed by atoms with van der Waals surface area (Å²) in [6, 6.07) is 10.5. The second kappa shape index (κ2) is 14.6. The second-order valence-corrected chi connectivity index (χ2v) is 10.2. The molecule has 0 aliphatic carbocycles. The van der Waals surface area contributed by atoms with Crippen LogP contribution in [0.3, 0.4) is 0 Å². The Hall–Kier alpha value is -6.43. The van der Waals surface area contributed by atoms with Gasteiger partial charge in [-0.25, -0.2) is 24.4 Å². The van der Waals surface area contributed by atoms with Crippen molar-refractivity contribution in [2.45, 2.75) is 38.7 Å². The molecule has 1 fully saturated rings. The van der Waals surface area contributed by atoms with E-state index in [9.17, 15) is 38.0 Å². The van der Waals surface area contributed by atoms with E-state index in [2.05, 4.69) is 15.0 Å². The van der Waals surface area contributed by atoms with Crippen LogP contribution in [0.1, 0.15) is 57.8 Å². The van der Waals surface area contributed by atoms with Crippen molar-refractivity contribution in [3.05, 3.63) is 111 Å². The van der Waals surface area contributed by atoms with Gasteiger partial charge in [0.15, 0.2) is 5.69 Å². The summed E-state index contributed by atoms with van der Waals surface area (Å²) in [6.07, 6.45) is -0.239. The summed E-state index contributed by atoms with van der Waals surface area (Å²) in [6.45, 7) is 1.87. The predicted octanol–water partition coefficient (Wildman–Crippen LogP) is 1.24. The zero-order valence-corrected chi connectivity index (χ0v) is 25.5. The maximum absolute atomic E-state index is 14.9. The number of nitrogens with zero attached hydrogens (tertiary/aromatic N) is 5. The fourth-order valence-electron chi connectivity index (χ4n) is 4.56. The fraction of sp³-hybridized carbons (Fsp3) is 0.226. The third-order valence-corrected chi connectivity index (χ3v) is 6.72. The highest BCUT2D eigenvalue weighted by atomic mass is 19.1. The summed E-state index contributed by atoms with van der Waals surface area (Å²) in [5.41, 5.74) is -4.01. The summed E-state index contributed by atoms with van der Waals surface area (Å²) >= 11 is 0. The quantitative estimate of drug-likeness (QED) is 0.228. The van der Waals surface area contributed by atoms with Crippen molar-refractivity contribution in [3.8, 4) is 11.6 Å². The molecule has 0 unspecified atom stereocenters. The molecule has 1 aromatic carbocycles. The van der Waals surface area contributed by atoms with Crippen LogP contribution in [0.2, 0.25) is 0 Å². The average molecular weight is 678 g/mol. The fourth-order valence-corrected chi connectivity index (χ4v) is 4.56. The van der Waals surface area contributed by atoms with E-state index < -0.39 is 76.7 Å². The van der Waals surface area contributed by atoms with Crippen LogP contribution in [0, 0.1) is 5.82 Å². The molecule has 3 aromatic heterocycles. The van der Waals surface area contributed by atoms with Crippen LogP contribution in [0.4, 0.5) is 4.39 Å². The maximum atomic E-state index is 14.9. The van der Waals surface area contributed by atoms with Crippen molar-refractivity contribution < 1.29 is 52.0 Å². The molecule has 0 saturated carbocycles. The Bertz CT molecular complexity index is 2070. The Morgan fingerprint density at radius 1 is 0.959 bits per heavy atom. The predicted molar refractivity (Wildman–Crippen MR) is 158 cm³/mol. The number of aromatic nitrogens is 5. The zero-order chi connectivity index (χ0) is 35.2. The lowest BCUT2D eigenvalue weighted by Gasteiger charge is -2.18. The molecule has 1 aliphatic heterocycles. The molecular weight excluding hydrogens is 653 g/mol. The summed E-state index contributed by atoms with van der Waals surface area (Å²) in [5.74, 6) is -6.55. The molecule has 17 nitrogen and oxygen atoms in total.